The van der Waals surface area contributed by atoms with Gasteiger partial charge in [-0.1, -0.05) is 19.1 Å². The van der Waals surface area contributed by atoms with Gasteiger partial charge in [0.2, 0.25) is 0 Å². The molecule has 76 valence electrons. The summed E-state index contributed by atoms with van der Waals surface area (Å²) in [7, 11) is 0. The van der Waals surface area contributed by atoms with Gasteiger partial charge in [0.15, 0.2) is 0 Å². The molecular weight excluding hydrogens is 174 g/mol. The Morgan fingerprint density at radius 1 is 1.57 bits per heavy atom. The van der Waals surface area contributed by atoms with Gasteiger partial charge in [-0.25, -0.2) is 4.98 Å². The van der Waals surface area contributed by atoms with Crippen molar-refractivity contribution in [2.45, 2.75) is 13.3 Å². The lowest BCUT2D eigenvalue weighted by molar-refractivity contribution is 0.803. The molecule has 1 rings (SSSR count). The Labute approximate surface area is 85.3 Å². The Bertz CT molecular complexity index is 296. The van der Waals surface area contributed by atoms with E-state index < -0.39 is 0 Å². The zero-order valence-electron chi connectivity index (χ0n) is 8.61. The number of hydrogen-bond donors (Lipinski definition) is 1. The molecule has 0 unspecified atom stereocenters. The predicted octanol–water partition coefficient (Wildman–Crippen LogP) is 2.07. The molecule has 0 aliphatic heterocycles. The summed E-state index contributed by atoms with van der Waals surface area (Å²) in [5.41, 5.74) is 5.63. The van der Waals surface area contributed by atoms with Crippen molar-refractivity contribution in [2.75, 3.05) is 23.7 Å². The molecule has 0 saturated carbocycles. The highest BCUT2D eigenvalue weighted by Gasteiger charge is 2.04. The van der Waals surface area contributed by atoms with E-state index in [9.17, 15) is 0 Å². The van der Waals surface area contributed by atoms with E-state index in [-0.39, 0.29) is 0 Å². The Kier molecular flexibility index (Phi) is 3.98. The maximum Gasteiger partial charge on any atom is 0.131 e. The van der Waals surface area contributed by atoms with Crippen molar-refractivity contribution in [3.8, 4) is 0 Å². The van der Waals surface area contributed by atoms with Crippen LogP contribution in [0.3, 0.4) is 0 Å². The van der Waals surface area contributed by atoms with Crippen molar-refractivity contribution in [3.05, 3.63) is 30.9 Å². The van der Waals surface area contributed by atoms with Gasteiger partial charge in [0, 0.05) is 13.1 Å². The van der Waals surface area contributed by atoms with E-state index in [2.05, 4.69) is 23.4 Å². The molecule has 2 N–H and O–H groups in total. The second kappa shape index (κ2) is 5.27. The molecule has 0 amide bonds. The van der Waals surface area contributed by atoms with Crippen LogP contribution >= 0.6 is 0 Å². The van der Waals surface area contributed by atoms with Gasteiger partial charge in [-0.05, 0) is 18.6 Å². The topological polar surface area (TPSA) is 42.1 Å². The Morgan fingerprint density at radius 2 is 2.36 bits per heavy atom. The lowest BCUT2D eigenvalue weighted by Gasteiger charge is -2.21. The molecule has 1 heterocycles. The van der Waals surface area contributed by atoms with Crippen molar-refractivity contribution in [1.82, 2.24) is 4.98 Å². The Balaban J connectivity index is 2.80. The number of pyridine rings is 1. The van der Waals surface area contributed by atoms with E-state index in [0.717, 1.165) is 25.3 Å². The molecular formula is C11H17N3. The van der Waals surface area contributed by atoms with E-state index in [4.69, 9.17) is 5.73 Å². The Hall–Kier alpha value is -1.51. The summed E-state index contributed by atoms with van der Waals surface area (Å²) in [6.07, 6.45) is 2.96. The van der Waals surface area contributed by atoms with Gasteiger partial charge in [0.1, 0.15) is 11.6 Å². The van der Waals surface area contributed by atoms with Gasteiger partial charge < -0.3 is 10.6 Å². The number of rotatable bonds is 5. The first-order valence-corrected chi connectivity index (χ1v) is 4.86. The van der Waals surface area contributed by atoms with Gasteiger partial charge >= 0.3 is 0 Å². The van der Waals surface area contributed by atoms with Crippen LogP contribution < -0.4 is 10.6 Å². The molecule has 1 aromatic rings. The fourth-order valence-corrected chi connectivity index (χ4v) is 1.34. The molecule has 0 fully saturated rings. The van der Waals surface area contributed by atoms with Crippen LogP contribution in [0.4, 0.5) is 11.6 Å². The number of nitrogens with two attached hydrogens (primary N) is 1. The van der Waals surface area contributed by atoms with Gasteiger partial charge in [-0.3, -0.25) is 0 Å². The SMILES string of the molecule is C=CCN(CCC)c1cccc(N)n1. The van der Waals surface area contributed by atoms with Crippen LogP contribution in [0.15, 0.2) is 30.9 Å². The maximum atomic E-state index is 5.63. The number of hydrogen-bond acceptors (Lipinski definition) is 3. The average Bonchev–Trinajstić information content (AvgIpc) is 2.17. The highest BCUT2D eigenvalue weighted by Crippen LogP contribution is 2.12. The van der Waals surface area contributed by atoms with Crippen LogP contribution in [-0.2, 0) is 0 Å². The fraction of sp³-hybridized carbons (Fsp3) is 0.364. The summed E-state index contributed by atoms with van der Waals surface area (Å²) >= 11 is 0. The third-order valence-electron chi connectivity index (χ3n) is 1.92. The molecule has 0 bridgehead atoms. The number of nitrogen functional groups attached to an aromatic ring is 1. The standard InChI is InChI=1S/C11H17N3/c1-3-8-14(9-4-2)11-7-5-6-10(12)13-11/h3,5-7H,1,4,8-9H2,2H3,(H2,12,13). The lowest BCUT2D eigenvalue weighted by Crippen LogP contribution is -2.25. The van der Waals surface area contributed by atoms with Crippen LogP contribution in [0.1, 0.15) is 13.3 Å². The van der Waals surface area contributed by atoms with E-state index in [1.165, 1.54) is 0 Å². The predicted molar refractivity (Wildman–Crippen MR) is 61.4 cm³/mol. The minimum Gasteiger partial charge on any atom is -0.384 e. The monoisotopic (exact) mass is 191 g/mol. The number of anilines is 2. The van der Waals surface area contributed by atoms with E-state index in [0.29, 0.717) is 5.82 Å². The third-order valence-corrected chi connectivity index (χ3v) is 1.92. The number of nitrogens with zero attached hydrogens (tertiary/aromatic N) is 2. The average molecular weight is 191 g/mol. The Morgan fingerprint density at radius 3 is 2.93 bits per heavy atom. The second-order valence-corrected chi connectivity index (χ2v) is 3.16. The molecule has 0 radical (unpaired) electrons. The molecule has 0 atom stereocenters. The minimum atomic E-state index is 0.563. The normalized spacial score (nSPS) is 9.79. The fourth-order valence-electron chi connectivity index (χ4n) is 1.34. The van der Waals surface area contributed by atoms with Crippen molar-refractivity contribution < 1.29 is 0 Å². The van der Waals surface area contributed by atoms with Crippen molar-refractivity contribution in [2.24, 2.45) is 0 Å². The molecule has 14 heavy (non-hydrogen) atoms. The molecule has 0 saturated heterocycles. The molecule has 3 heteroatoms. The zero-order valence-corrected chi connectivity index (χ0v) is 8.61. The molecule has 3 nitrogen and oxygen atoms in total. The van der Waals surface area contributed by atoms with Crippen LogP contribution in [0.2, 0.25) is 0 Å². The van der Waals surface area contributed by atoms with Gasteiger partial charge in [-0.15, -0.1) is 6.58 Å². The highest BCUT2D eigenvalue weighted by molar-refractivity contribution is 5.45. The summed E-state index contributed by atoms with van der Waals surface area (Å²) in [5.74, 6) is 1.49. The first-order chi connectivity index (χ1) is 6.77. The van der Waals surface area contributed by atoms with Crippen LogP contribution in [0, 0.1) is 0 Å². The van der Waals surface area contributed by atoms with E-state index in [1.807, 2.05) is 18.2 Å². The molecule has 0 spiro atoms. The highest BCUT2D eigenvalue weighted by atomic mass is 15.2. The van der Waals surface area contributed by atoms with Crippen LogP contribution in [0.25, 0.3) is 0 Å². The first kappa shape index (κ1) is 10.6. The smallest absolute Gasteiger partial charge is 0.131 e. The van der Waals surface area contributed by atoms with Gasteiger partial charge in [0.05, 0.1) is 0 Å². The minimum absolute atomic E-state index is 0.563. The first-order valence-electron chi connectivity index (χ1n) is 4.86. The largest absolute Gasteiger partial charge is 0.384 e. The van der Waals surface area contributed by atoms with Gasteiger partial charge in [-0.2, -0.15) is 0 Å². The van der Waals surface area contributed by atoms with E-state index >= 15 is 0 Å². The van der Waals surface area contributed by atoms with Crippen molar-refractivity contribution in [3.63, 3.8) is 0 Å². The summed E-state index contributed by atoms with van der Waals surface area (Å²) in [4.78, 5) is 6.42. The molecule has 1 aromatic heterocycles. The summed E-state index contributed by atoms with van der Waals surface area (Å²) < 4.78 is 0. The molecule has 0 aliphatic rings. The van der Waals surface area contributed by atoms with Crippen molar-refractivity contribution in [1.29, 1.82) is 0 Å². The molecule has 0 aromatic carbocycles. The van der Waals surface area contributed by atoms with Crippen LogP contribution in [-0.4, -0.2) is 18.1 Å². The second-order valence-electron chi connectivity index (χ2n) is 3.16. The quantitative estimate of drug-likeness (QED) is 0.724. The summed E-state index contributed by atoms with van der Waals surface area (Å²) in [6, 6.07) is 5.68. The lowest BCUT2D eigenvalue weighted by atomic mass is 10.3. The van der Waals surface area contributed by atoms with Crippen molar-refractivity contribution >= 4 is 11.6 Å². The summed E-state index contributed by atoms with van der Waals surface area (Å²) in [5, 5.41) is 0. The van der Waals surface area contributed by atoms with E-state index in [1.54, 1.807) is 6.07 Å². The zero-order chi connectivity index (χ0) is 10.4. The summed E-state index contributed by atoms with van der Waals surface area (Å²) in [6.45, 7) is 7.66. The third kappa shape index (κ3) is 2.76. The molecule has 0 aliphatic carbocycles. The van der Waals surface area contributed by atoms with Crippen LogP contribution in [0.5, 0.6) is 0 Å². The number of aromatic nitrogens is 1. The maximum absolute atomic E-state index is 5.63. The van der Waals surface area contributed by atoms with Gasteiger partial charge in [0.25, 0.3) is 0 Å².